The number of hydrogen-bond acceptors (Lipinski definition) is 3. The van der Waals surface area contributed by atoms with E-state index in [-0.39, 0.29) is 60.4 Å². The number of rotatable bonds is 2. The second-order valence-electron chi connectivity index (χ2n) is 7.63. The van der Waals surface area contributed by atoms with Gasteiger partial charge in [0, 0.05) is 50.2 Å². The van der Waals surface area contributed by atoms with Gasteiger partial charge in [0.25, 0.3) is 5.91 Å². The summed E-state index contributed by atoms with van der Waals surface area (Å²) in [5, 5.41) is 2.63. The normalized spacial score (nSPS) is 22.4. The van der Waals surface area contributed by atoms with Crippen molar-refractivity contribution < 1.29 is 27.2 Å². The fraction of sp³-hybridized carbons (Fsp3) is 0.474. The number of aromatic nitrogens is 1. The Bertz CT molecular complexity index is 1030. The van der Waals surface area contributed by atoms with E-state index >= 15 is 0 Å². The van der Waals surface area contributed by atoms with E-state index in [0.717, 1.165) is 6.07 Å². The molecule has 1 aromatic heterocycles. The molecule has 12 heteroatoms. The van der Waals surface area contributed by atoms with Crippen LogP contribution in [0.5, 0.6) is 0 Å². The molecule has 2 fully saturated rings. The van der Waals surface area contributed by atoms with Crippen LogP contribution in [0.15, 0.2) is 12.1 Å². The number of benzene rings is 1. The molecule has 0 saturated carbocycles. The molecular formula is C19H18Cl2F4N4O2. The van der Waals surface area contributed by atoms with Gasteiger partial charge in [-0.15, -0.1) is 0 Å². The summed E-state index contributed by atoms with van der Waals surface area (Å²) in [6, 6.07) is 2.57. The Balaban J connectivity index is 1.45. The second kappa shape index (κ2) is 8.14. The monoisotopic (exact) mass is 480 g/mol. The van der Waals surface area contributed by atoms with Crippen molar-refractivity contribution in [1.82, 2.24) is 20.1 Å². The predicted octanol–water partition coefficient (Wildman–Crippen LogP) is 3.30. The van der Waals surface area contributed by atoms with Crippen LogP contribution in [0.25, 0.3) is 10.9 Å². The highest BCUT2D eigenvalue weighted by Gasteiger charge is 2.50. The topological polar surface area (TPSA) is 68.4 Å². The minimum atomic E-state index is -4.45. The van der Waals surface area contributed by atoms with Gasteiger partial charge in [-0.05, 0) is 12.1 Å². The van der Waals surface area contributed by atoms with Crippen LogP contribution >= 0.6 is 23.2 Å². The molecule has 0 spiro atoms. The van der Waals surface area contributed by atoms with Gasteiger partial charge in [0.1, 0.15) is 11.5 Å². The van der Waals surface area contributed by atoms with Crippen LogP contribution in [-0.2, 0) is 4.79 Å². The van der Waals surface area contributed by atoms with E-state index in [4.69, 9.17) is 23.2 Å². The zero-order valence-electron chi connectivity index (χ0n) is 16.0. The molecule has 2 amide bonds. The molecule has 168 valence electrons. The first kappa shape index (κ1) is 22.2. The number of H-pyrrole nitrogens is 1. The van der Waals surface area contributed by atoms with Gasteiger partial charge in [-0.25, -0.2) is 4.39 Å². The fourth-order valence-electron chi connectivity index (χ4n) is 4.14. The highest BCUT2D eigenvalue weighted by atomic mass is 35.5. The standard InChI is InChI=1S/C19H18Cl2F4N4O2/c20-14-11(22)1-2-12-13(14)15(21)16(27-12)18(31)29-5-3-28(4-6-29)17(30)9-7-26-8-10(9)19(23,24)25/h1-2,9-10,26-27H,3-8H2/t9-,10-/m1/s1. The molecule has 2 atom stereocenters. The Labute approximate surface area is 184 Å². The van der Waals surface area contributed by atoms with E-state index in [1.54, 1.807) is 0 Å². The number of amides is 2. The van der Waals surface area contributed by atoms with Gasteiger partial charge in [-0.1, -0.05) is 23.2 Å². The minimum absolute atomic E-state index is 0.00643. The van der Waals surface area contributed by atoms with Crippen molar-refractivity contribution in [3.8, 4) is 0 Å². The largest absolute Gasteiger partial charge is 0.393 e. The van der Waals surface area contributed by atoms with Crippen molar-refractivity contribution in [1.29, 1.82) is 0 Å². The molecule has 31 heavy (non-hydrogen) atoms. The minimum Gasteiger partial charge on any atom is -0.349 e. The quantitative estimate of drug-likeness (QED) is 0.648. The molecule has 2 aliphatic rings. The van der Waals surface area contributed by atoms with E-state index in [9.17, 15) is 27.2 Å². The van der Waals surface area contributed by atoms with Gasteiger partial charge in [-0.2, -0.15) is 13.2 Å². The fourth-order valence-corrected chi connectivity index (χ4v) is 4.77. The maximum absolute atomic E-state index is 13.7. The Hall–Kier alpha value is -2.04. The molecule has 2 aromatic rings. The highest BCUT2D eigenvalue weighted by Crippen LogP contribution is 2.37. The van der Waals surface area contributed by atoms with Crippen molar-refractivity contribution >= 4 is 45.9 Å². The summed E-state index contributed by atoms with van der Waals surface area (Å²) in [5.41, 5.74) is 0.446. The molecule has 3 heterocycles. The zero-order valence-corrected chi connectivity index (χ0v) is 17.5. The summed E-state index contributed by atoms with van der Waals surface area (Å²) in [5.74, 6) is -4.57. The van der Waals surface area contributed by atoms with Crippen LogP contribution in [-0.4, -0.2) is 72.0 Å². The Morgan fingerprint density at radius 1 is 1.00 bits per heavy atom. The maximum atomic E-state index is 13.7. The van der Waals surface area contributed by atoms with Crippen LogP contribution in [0.3, 0.4) is 0 Å². The lowest BCUT2D eigenvalue weighted by Crippen LogP contribution is -2.53. The third-order valence-corrected chi connectivity index (χ3v) is 6.59. The number of nitrogens with zero attached hydrogens (tertiary/aromatic N) is 2. The molecule has 2 saturated heterocycles. The number of aromatic amines is 1. The van der Waals surface area contributed by atoms with Crippen molar-refractivity contribution in [2.24, 2.45) is 11.8 Å². The van der Waals surface area contributed by atoms with Gasteiger partial charge in [-0.3, -0.25) is 9.59 Å². The number of alkyl halides is 3. The van der Waals surface area contributed by atoms with Crippen LogP contribution < -0.4 is 5.32 Å². The lowest BCUT2D eigenvalue weighted by molar-refractivity contribution is -0.185. The first-order valence-corrected chi connectivity index (χ1v) is 10.4. The van der Waals surface area contributed by atoms with Gasteiger partial charge in [0.15, 0.2) is 0 Å². The van der Waals surface area contributed by atoms with Crippen molar-refractivity contribution in [3.05, 3.63) is 33.7 Å². The average Bonchev–Trinajstić information content (AvgIpc) is 3.35. The number of piperazine rings is 1. The molecule has 0 radical (unpaired) electrons. The van der Waals surface area contributed by atoms with Gasteiger partial charge >= 0.3 is 6.18 Å². The van der Waals surface area contributed by atoms with E-state index in [2.05, 4.69) is 10.3 Å². The van der Waals surface area contributed by atoms with Crippen LogP contribution in [0.2, 0.25) is 10.0 Å². The third kappa shape index (κ3) is 3.96. The highest BCUT2D eigenvalue weighted by molar-refractivity contribution is 6.44. The molecule has 6 nitrogen and oxygen atoms in total. The molecule has 2 aliphatic heterocycles. The predicted molar refractivity (Wildman–Crippen MR) is 107 cm³/mol. The Morgan fingerprint density at radius 3 is 2.29 bits per heavy atom. The SMILES string of the molecule is O=C(c1[nH]c2ccc(F)c(Cl)c2c1Cl)N1CCN(C(=O)[C@@H]2CNC[C@H]2C(F)(F)F)CC1. The molecule has 0 unspecified atom stereocenters. The number of carbonyl (C=O) groups excluding carboxylic acids is 2. The molecule has 2 N–H and O–H groups in total. The van der Waals surface area contributed by atoms with Crippen molar-refractivity contribution in [3.63, 3.8) is 0 Å². The van der Waals surface area contributed by atoms with Gasteiger partial charge in [0.2, 0.25) is 5.91 Å². The summed E-state index contributed by atoms with van der Waals surface area (Å²) in [4.78, 5) is 31.2. The van der Waals surface area contributed by atoms with E-state index < -0.39 is 35.6 Å². The van der Waals surface area contributed by atoms with Gasteiger partial charge < -0.3 is 20.1 Å². The summed E-state index contributed by atoms with van der Waals surface area (Å²) < 4.78 is 53.2. The first-order valence-electron chi connectivity index (χ1n) is 9.60. The molecule has 4 rings (SSSR count). The van der Waals surface area contributed by atoms with Crippen LogP contribution in [0.1, 0.15) is 10.5 Å². The van der Waals surface area contributed by atoms with Crippen LogP contribution in [0, 0.1) is 17.7 Å². The molecule has 1 aromatic carbocycles. The first-order chi connectivity index (χ1) is 14.6. The smallest absolute Gasteiger partial charge is 0.349 e. The van der Waals surface area contributed by atoms with E-state index in [0.29, 0.717) is 5.52 Å². The summed E-state index contributed by atoms with van der Waals surface area (Å²) in [7, 11) is 0. The number of hydrogen-bond donors (Lipinski definition) is 2. The lowest BCUT2D eigenvalue weighted by atomic mass is 9.93. The molecular weight excluding hydrogens is 463 g/mol. The number of halogens is 6. The zero-order chi connectivity index (χ0) is 22.5. The summed E-state index contributed by atoms with van der Waals surface area (Å²) in [6.45, 7) is 0.187. The summed E-state index contributed by atoms with van der Waals surface area (Å²) >= 11 is 12.2. The Kier molecular flexibility index (Phi) is 5.82. The van der Waals surface area contributed by atoms with Crippen LogP contribution in [0.4, 0.5) is 17.6 Å². The summed E-state index contributed by atoms with van der Waals surface area (Å²) in [6.07, 6.45) is -4.45. The number of nitrogens with one attached hydrogen (secondary N) is 2. The van der Waals surface area contributed by atoms with Gasteiger partial charge in [0.05, 0.1) is 21.9 Å². The third-order valence-electron chi connectivity index (χ3n) is 5.84. The Morgan fingerprint density at radius 2 is 1.65 bits per heavy atom. The maximum Gasteiger partial charge on any atom is 0.393 e. The second-order valence-corrected chi connectivity index (χ2v) is 8.38. The average molecular weight is 481 g/mol. The lowest BCUT2D eigenvalue weighted by Gasteiger charge is -2.36. The van der Waals surface area contributed by atoms with Crippen molar-refractivity contribution in [2.75, 3.05) is 39.3 Å². The van der Waals surface area contributed by atoms with Crippen molar-refractivity contribution in [2.45, 2.75) is 6.18 Å². The van der Waals surface area contributed by atoms with E-state index in [1.165, 1.54) is 15.9 Å². The number of carbonyl (C=O) groups is 2. The number of fused-ring (bicyclic) bond motifs is 1. The molecule has 0 aliphatic carbocycles. The van der Waals surface area contributed by atoms with E-state index in [1.807, 2.05) is 0 Å². The molecule has 0 bridgehead atoms.